The van der Waals surface area contributed by atoms with Crippen LogP contribution in [0.5, 0.6) is 0 Å². The molecule has 0 fully saturated rings. The number of aryl methyl sites for hydroxylation is 1. The Bertz CT molecular complexity index is 1360. The van der Waals surface area contributed by atoms with E-state index in [0.29, 0.717) is 16.7 Å². The lowest BCUT2D eigenvalue weighted by Gasteiger charge is -2.11. The third-order valence-corrected chi connectivity index (χ3v) is 5.09. The first-order valence-electron chi connectivity index (χ1n) is 9.23. The van der Waals surface area contributed by atoms with Crippen LogP contribution in [0, 0.1) is 29.1 Å². The van der Waals surface area contributed by atoms with Crippen molar-refractivity contribution < 1.29 is 31.2 Å². The van der Waals surface area contributed by atoms with Crippen molar-refractivity contribution in [2.45, 2.75) is 13.3 Å². The molecule has 3 aromatic carbocycles. The lowest BCUT2D eigenvalue weighted by Crippen LogP contribution is -2.19. The maximum Gasteiger partial charge on any atom is 0.261 e. The van der Waals surface area contributed by atoms with Gasteiger partial charge in [-0.05, 0) is 42.3 Å². The first kappa shape index (κ1) is 21.8. The van der Waals surface area contributed by atoms with Gasteiger partial charge >= 0.3 is 0 Å². The van der Waals surface area contributed by atoms with Crippen LogP contribution >= 0.6 is 11.6 Å². The minimum Gasteiger partial charge on any atom is -0.436 e. The molecule has 0 aliphatic rings. The molecule has 0 aliphatic heterocycles. The molecule has 164 valence electrons. The Morgan fingerprint density at radius 1 is 0.969 bits per heavy atom. The lowest BCUT2D eigenvalue weighted by molar-refractivity contribution is 0.101. The molecule has 4 nitrogen and oxygen atoms in total. The van der Waals surface area contributed by atoms with Gasteiger partial charge in [-0.15, -0.1) is 0 Å². The number of hydrogen-bond acceptors (Lipinski definition) is 3. The molecule has 0 atom stereocenters. The summed E-state index contributed by atoms with van der Waals surface area (Å²) in [6.45, 7) is 1.99. The Kier molecular flexibility index (Phi) is 5.60. The average molecular weight is 467 g/mol. The average Bonchev–Trinajstić information content (AvgIpc) is 3.21. The van der Waals surface area contributed by atoms with Gasteiger partial charge in [0.05, 0.1) is 10.7 Å². The molecule has 0 bridgehead atoms. The van der Waals surface area contributed by atoms with Crippen molar-refractivity contribution in [1.29, 1.82) is 0 Å². The maximum atomic E-state index is 13.9. The molecule has 0 saturated carbocycles. The minimum absolute atomic E-state index is 0.0460. The number of carbonyl (C=O) groups is 1. The number of carbonyl (C=O) groups excluding carboxylic acids is 1. The quantitative estimate of drug-likeness (QED) is 0.208. The van der Waals surface area contributed by atoms with Crippen LogP contribution in [0.15, 0.2) is 40.8 Å². The van der Waals surface area contributed by atoms with Crippen molar-refractivity contribution in [1.82, 2.24) is 4.98 Å². The lowest BCUT2D eigenvalue weighted by atomic mass is 10.1. The molecule has 32 heavy (non-hydrogen) atoms. The molecular formula is C22H12ClF5N2O2. The normalized spacial score (nSPS) is 11.2. The van der Waals surface area contributed by atoms with Crippen molar-refractivity contribution in [2.75, 3.05) is 5.32 Å². The van der Waals surface area contributed by atoms with Crippen LogP contribution in [-0.4, -0.2) is 10.9 Å². The number of fused-ring (bicyclic) bond motifs is 1. The summed E-state index contributed by atoms with van der Waals surface area (Å²) in [5.41, 5.74) is 0.743. The Morgan fingerprint density at radius 3 is 2.28 bits per heavy atom. The second-order valence-corrected chi connectivity index (χ2v) is 7.18. The summed E-state index contributed by atoms with van der Waals surface area (Å²) in [5, 5.41) is 2.02. The van der Waals surface area contributed by atoms with Crippen LogP contribution in [0.4, 0.5) is 27.6 Å². The van der Waals surface area contributed by atoms with Crippen LogP contribution in [0.1, 0.15) is 22.8 Å². The number of nitrogens with one attached hydrogen (secondary N) is 1. The van der Waals surface area contributed by atoms with Crippen molar-refractivity contribution >= 4 is 34.3 Å². The zero-order chi connectivity index (χ0) is 23.2. The van der Waals surface area contributed by atoms with Gasteiger partial charge in [0.25, 0.3) is 5.91 Å². The fourth-order valence-electron chi connectivity index (χ4n) is 3.06. The van der Waals surface area contributed by atoms with E-state index in [1.54, 1.807) is 6.07 Å². The van der Waals surface area contributed by atoms with E-state index in [0.717, 1.165) is 12.0 Å². The smallest absolute Gasteiger partial charge is 0.261 e. The summed E-state index contributed by atoms with van der Waals surface area (Å²) in [6.07, 6.45) is 0.799. The predicted molar refractivity (Wildman–Crippen MR) is 108 cm³/mol. The number of amides is 1. The number of nitrogens with zero attached hydrogens (tertiary/aromatic N) is 1. The number of hydrogen-bond donors (Lipinski definition) is 1. The number of oxazole rings is 1. The second kappa shape index (κ2) is 8.23. The second-order valence-electron chi connectivity index (χ2n) is 6.77. The molecule has 1 amide bonds. The van der Waals surface area contributed by atoms with Gasteiger partial charge in [0, 0.05) is 5.56 Å². The maximum absolute atomic E-state index is 13.9. The molecule has 0 radical (unpaired) electrons. The summed E-state index contributed by atoms with van der Waals surface area (Å²) in [7, 11) is 0. The molecule has 0 spiro atoms. The fourth-order valence-corrected chi connectivity index (χ4v) is 3.22. The monoisotopic (exact) mass is 466 g/mol. The molecule has 10 heteroatoms. The standard InChI is InChI=1S/C22H12ClF5N2O2/c1-2-9-3-6-14-13(7-9)30-22(32-14)10-4-5-11(23)12(8-10)29-21(31)15-16(24)18(26)20(28)19(27)17(15)25/h3-8H,2H2,1H3,(H,29,31). The Hall–Kier alpha value is -3.46. The molecule has 1 aromatic heterocycles. The van der Waals surface area contributed by atoms with E-state index in [4.69, 9.17) is 16.0 Å². The number of halogens is 6. The summed E-state index contributed by atoms with van der Waals surface area (Å²) >= 11 is 6.04. The topological polar surface area (TPSA) is 55.1 Å². The largest absolute Gasteiger partial charge is 0.436 e. The molecule has 4 aromatic rings. The van der Waals surface area contributed by atoms with Crippen LogP contribution < -0.4 is 5.32 Å². The zero-order valence-corrected chi connectivity index (χ0v) is 17.0. The van der Waals surface area contributed by atoms with E-state index >= 15 is 0 Å². The Balaban J connectivity index is 1.71. The summed E-state index contributed by atoms with van der Waals surface area (Å²) < 4.78 is 73.7. The number of rotatable bonds is 4. The van der Waals surface area contributed by atoms with Crippen molar-refractivity contribution in [3.63, 3.8) is 0 Å². The van der Waals surface area contributed by atoms with Crippen LogP contribution in [-0.2, 0) is 6.42 Å². The van der Waals surface area contributed by atoms with Gasteiger partial charge in [0.2, 0.25) is 11.7 Å². The molecule has 4 rings (SSSR count). The molecule has 0 unspecified atom stereocenters. The van der Waals surface area contributed by atoms with Crippen molar-refractivity contribution in [3.8, 4) is 11.5 Å². The number of aromatic nitrogens is 1. The third kappa shape index (κ3) is 3.69. The van der Waals surface area contributed by atoms with E-state index in [9.17, 15) is 26.7 Å². The minimum atomic E-state index is -2.36. The van der Waals surface area contributed by atoms with Gasteiger partial charge in [-0.25, -0.2) is 26.9 Å². The van der Waals surface area contributed by atoms with E-state index in [-0.39, 0.29) is 16.6 Å². The van der Waals surface area contributed by atoms with Crippen LogP contribution in [0.3, 0.4) is 0 Å². The van der Waals surface area contributed by atoms with Gasteiger partial charge < -0.3 is 9.73 Å². The van der Waals surface area contributed by atoms with E-state index in [1.165, 1.54) is 18.2 Å². The van der Waals surface area contributed by atoms with Gasteiger partial charge in [-0.3, -0.25) is 4.79 Å². The summed E-state index contributed by atoms with van der Waals surface area (Å²) in [6, 6.07) is 9.68. The van der Waals surface area contributed by atoms with Crippen LogP contribution in [0.2, 0.25) is 5.02 Å². The fraction of sp³-hybridized carbons (Fsp3) is 0.0909. The van der Waals surface area contributed by atoms with Crippen molar-refractivity contribution in [2.24, 2.45) is 0 Å². The Morgan fingerprint density at radius 2 is 1.62 bits per heavy atom. The molecular weight excluding hydrogens is 455 g/mol. The van der Waals surface area contributed by atoms with Gasteiger partial charge in [0.1, 0.15) is 11.1 Å². The van der Waals surface area contributed by atoms with E-state index in [1.807, 2.05) is 19.1 Å². The first-order chi connectivity index (χ1) is 15.2. The van der Waals surface area contributed by atoms with Crippen LogP contribution in [0.25, 0.3) is 22.6 Å². The van der Waals surface area contributed by atoms with E-state index < -0.39 is 40.6 Å². The number of anilines is 1. The van der Waals surface area contributed by atoms with Gasteiger partial charge in [0.15, 0.2) is 28.9 Å². The molecule has 1 N–H and O–H groups in total. The highest BCUT2D eigenvalue weighted by Gasteiger charge is 2.30. The van der Waals surface area contributed by atoms with Gasteiger partial charge in [-0.2, -0.15) is 0 Å². The van der Waals surface area contributed by atoms with E-state index in [2.05, 4.69) is 10.3 Å². The Labute approximate surface area is 182 Å². The van der Waals surface area contributed by atoms with Gasteiger partial charge in [-0.1, -0.05) is 24.6 Å². The summed E-state index contributed by atoms with van der Waals surface area (Å²) in [4.78, 5) is 16.7. The highest BCUT2D eigenvalue weighted by atomic mass is 35.5. The highest BCUT2D eigenvalue weighted by Crippen LogP contribution is 2.32. The molecule has 1 heterocycles. The first-order valence-corrected chi connectivity index (χ1v) is 9.61. The third-order valence-electron chi connectivity index (χ3n) is 4.76. The van der Waals surface area contributed by atoms with Crippen molar-refractivity contribution in [3.05, 3.63) is 81.6 Å². The predicted octanol–water partition coefficient (Wildman–Crippen LogP) is 6.66. The molecule has 0 saturated heterocycles. The molecule has 0 aliphatic carbocycles. The zero-order valence-electron chi connectivity index (χ0n) is 16.2. The highest BCUT2D eigenvalue weighted by molar-refractivity contribution is 6.34. The number of benzene rings is 3. The summed E-state index contributed by atoms with van der Waals surface area (Å²) in [5.74, 6) is -12.7. The SMILES string of the molecule is CCc1ccc2oc(-c3ccc(Cl)c(NC(=O)c4c(F)c(F)c(F)c(F)c4F)c3)nc2c1.